The van der Waals surface area contributed by atoms with E-state index in [2.05, 4.69) is 122 Å². The molecule has 1 aliphatic carbocycles. The van der Waals surface area contributed by atoms with Gasteiger partial charge in [0, 0.05) is 55.8 Å². The maximum absolute atomic E-state index is 6.35. The van der Waals surface area contributed by atoms with Crippen LogP contribution in [0.15, 0.2) is 144 Å². The van der Waals surface area contributed by atoms with E-state index in [0.717, 1.165) is 72.4 Å². The van der Waals surface area contributed by atoms with Crippen LogP contribution < -0.4 is 0 Å². The molecule has 4 heteroatoms. The molecule has 4 nitrogen and oxygen atoms in total. The SMILES string of the molecule is CC1(C)c2ccccc2-c2nc(-c3ccc(-c4ccccn4)cc3)nc(-c3ccc(-c4cccc5c4oc4ccccc45)cc3)c21. The van der Waals surface area contributed by atoms with Gasteiger partial charge in [0.15, 0.2) is 5.82 Å². The highest BCUT2D eigenvalue weighted by molar-refractivity contribution is 6.09. The highest BCUT2D eigenvalue weighted by Gasteiger charge is 2.40. The fourth-order valence-electron chi connectivity index (χ4n) is 7.06. The minimum atomic E-state index is -0.249. The van der Waals surface area contributed by atoms with Crippen molar-refractivity contribution in [2.45, 2.75) is 19.3 Å². The third-order valence-electron chi connectivity index (χ3n) is 9.37. The Balaban J connectivity index is 1.19. The summed E-state index contributed by atoms with van der Waals surface area (Å²) < 4.78 is 6.35. The lowest BCUT2D eigenvalue weighted by Gasteiger charge is -2.24. The van der Waals surface area contributed by atoms with Gasteiger partial charge in [-0.1, -0.05) is 129 Å². The van der Waals surface area contributed by atoms with Crippen molar-refractivity contribution in [3.05, 3.63) is 151 Å². The molecule has 0 fully saturated rings. The van der Waals surface area contributed by atoms with Crippen molar-refractivity contribution in [3.63, 3.8) is 0 Å². The molecule has 5 aromatic carbocycles. The number of furan rings is 1. The molecule has 3 aromatic heterocycles. The first-order valence-corrected chi connectivity index (χ1v) is 15.6. The highest BCUT2D eigenvalue weighted by atomic mass is 16.3. The first kappa shape index (κ1) is 26.5. The number of pyridine rings is 1. The molecule has 0 bridgehead atoms. The second-order valence-electron chi connectivity index (χ2n) is 12.4. The van der Waals surface area contributed by atoms with Crippen LogP contribution in [0.4, 0.5) is 0 Å². The summed E-state index contributed by atoms with van der Waals surface area (Å²) in [5.41, 5.74) is 13.4. The van der Waals surface area contributed by atoms with Crippen LogP contribution in [0.3, 0.4) is 0 Å². The molecule has 0 spiro atoms. The van der Waals surface area contributed by atoms with Crippen molar-refractivity contribution >= 4 is 21.9 Å². The number of nitrogens with zero attached hydrogens (tertiary/aromatic N) is 3. The van der Waals surface area contributed by atoms with Crippen LogP contribution in [0.5, 0.6) is 0 Å². The average molecular weight is 592 g/mol. The van der Waals surface area contributed by atoms with Crippen LogP contribution >= 0.6 is 0 Å². The van der Waals surface area contributed by atoms with Gasteiger partial charge in [0.05, 0.1) is 17.1 Å². The number of para-hydroxylation sites is 2. The number of hydrogen-bond acceptors (Lipinski definition) is 4. The zero-order valence-corrected chi connectivity index (χ0v) is 25.5. The van der Waals surface area contributed by atoms with Crippen molar-refractivity contribution in [2.24, 2.45) is 0 Å². The molecule has 46 heavy (non-hydrogen) atoms. The lowest BCUT2D eigenvalue weighted by Crippen LogP contribution is -2.17. The lowest BCUT2D eigenvalue weighted by atomic mass is 9.80. The summed E-state index contributed by atoms with van der Waals surface area (Å²) in [5.74, 6) is 0.713. The predicted molar refractivity (Wildman–Crippen MR) is 186 cm³/mol. The second kappa shape index (κ2) is 10.1. The molecule has 0 saturated carbocycles. The van der Waals surface area contributed by atoms with Gasteiger partial charge in [0.1, 0.15) is 11.2 Å². The van der Waals surface area contributed by atoms with Crippen LogP contribution in [0.1, 0.15) is 25.0 Å². The summed E-state index contributed by atoms with van der Waals surface area (Å²) in [7, 11) is 0. The number of aromatic nitrogens is 3. The summed E-state index contributed by atoms with van der Waals surface area (Å²) in [4.78, 5) is 15.0. The topological polar surface area (TPSA) is 51.8 Å². The molecule has 0 saturated heterocycles. The molecule has 0 N–H and O–H groups in total. The second-order valence-corrected chi connectivity index (χ2v) is 12.4. The van der Waals surface area contributed by atoms with E-state index in [0.29, 0.717) is 5.82 Å². The van der Waals surface area contributed by atoms with E-state index in [9.17, 15) is 0 Å². The third-order valence-corrected chi connectivity index (χ3v) is 9.37. The van der Waals surface area contributed by atoms with Gasteiger partial charge in [0.25, 0.3) is 0 Å². The smallest absolute Gasteiger partial charge is 0.160 e. The third kappa shape index (κ3) is 4.04. The molecule has 0 radical (unpaired) electrons. The fourth-order valence-corrected chi connectivity index (χ4v) is 7.06. The summed E-state index contributed by atoms with van der Waals surface area (Å²) in [6.45, 7) is 4.56. The average Bonchev–Trinajstić information content (AvgIpc) is 3.61. The number of benzene rings is 5. The molecular formula is C42H29N3O. The molecular weight excluding hydrogens is 562 g/mol. The lowest BCUT2D eigenvalue weighted by molar-refractivity contribution is 0.658. The quantitative estimate of drug-likeness (QED) is 0.204. The number of rotatable bonds is 4. The van der Waals surface area contributed by atoms with Gasteiger partial charge in [0.2, 0.25) is 0 Å². The van der Waals surface area contributed by atoms with Crippen molar-refractivity contribution in [2.75, 3.05) is 0 Å². The van der Waals surface area contributed by atoms with E-state index < -0.39 is 0 Å². The standard InChI is InChI=1S/C42H29N3O/c1-42(2)34-14-5-3-11-33(34)39-37(42)38(44-41(45-39)29-23-19-27(20-24-29)35-15-7-8-25-43-35)28-21-17-26(18-22-28)30-12-9-13-32-31-10-4-6-16-36(31)46-40(30)32/h3-25H,1-2H3. The summed E-state index contributed by atoms with van der Waals surface area (Å²) in [5, 5.41) is 2.26. The van der Waals surface area contributed by atoms with Crippen molar-refractivity contribution in [1.29, 1.82) is 0 Å². The zero-order valence-electron chi connectivity index (χ0n) is 25.5. The number of fused-ring (bicyclic) bond motifs is 6. The maximum atomic E-state index is 6.35. The van der Waals surface area contributed by atoms with E-state index in [1.165, 1.54) is 11.1 Å². The van der Waals surface area contributed by atoms with E-state index in [1.54, 1.807) is 0 Å². The Labute approximate surface area is 267 Å². The molecule has 0 amide bonds. The van der Waals surface area contributed by atoms with Crippen LogP contribution in [-0.2, 0) is 5.41 Å². The van der Waals surface area contributed by atoms with Crippen molar-refractivity contribution in [1.82, 2.24) is 15.0 Å². The summed E-state index contributed by atoms with van der Waals surface area (Å²) in [6, 6.07) is 46.3. The molecule has 1 aliphatic rings. The molecule has 0 aliphatic heterocycles. The minimum absolute atomic E-state index is 0.249. The van der Waals surface area contributed by atoms with E-state index in [4.69, 9.17) is 14.4 Å². The van der Waals surface area contributed by atoms with Gasteiger partial charge in [-0.05, 0) is 29.3 Å². The number of hydrogen-bond donors (Lipinski definition) is 0. The Morgan fingerprint density at radius 1 is 0.522 bits per heavy atom. The van der Waals surface area contributed by atoms with Crippen LogP contribution in [0.25, 0.3) is 78.2 Å². The van der Waals surface area contributed by atoms with Crippen molar-refractivity contribution < 1.29 is 4.42 Å². The molecule has 8 aromatic rings. The van der Waals surface area contributed by atoms with E-state index in [1.807, 2.05) is 36.5 Å². The Morgan fingerprint density at radius 2 is 1.17 bits per heavy atom. The maximum Gasteiger partial charge on any atom is 0.160 e. The molecule has 0 unspecified atom stereocenters. The van der Waals surface area contributed by atoms with Crippen LogP contribution in [-0.4, -0.2) is 15.0 Å². The van der Waals surface area contributed by atoms with E-state index >= 15 is 0 Å². The Morgan fingerprint density at radius 3 is 2.00 bits per heavy atom. The van der Waals surface area contributed by atoms with Crippen LogP contribution in [0.2, 0.25) is 0 Å². The molecule has 3 heterocycles. The first-order valence-electron chi connectivity index (χ1n) is 15.6. The Bertz CT molecular complexity index is 2420. The zero-order chi connectivity index (χ0) is 30.8. The highest BCUT2D eigenvalue weighted by Crippen LogP contribution is 2.51. The minimum Gasteiger partial charge on any atom is -0.455 e. The molecule has 218 valence electrons. The largest absolute Gasteiger partial charge is 0.455 e. The van der Waals surface area contributed by atoms with Crippen molar-refractivity contribution in [3.8, 4) is 56.3 Å². The van der Waals surface area contributed by atoms with Gasteiger partial charge < -0.3 is 4.42 Å². The van der Waals surface area contributed by atoms with Gasteiger partial charge in [-0.25, -0.2) is 9.97 Å². The van der Waals surface area contributed by atoms with Crippen LogP contribution in [0, 0.1) is 0 Å². The van der Waals surface area contributed by atoms with Gasteiger partial charge in [-0.15, -0.1) is 0 Å². The molecule has 0 atom stereocenters. The monoisotopic (exact) mass is 591 g/mol. The summed E-state index contributed by atoms with van der Waals surface area (Å²) >= 11 is 0. The van der Waals surface area contributed by atoms with Gasteiger partial charge >= 0.3 is 0 Å². The molecule has 9 rings (SSSR count). The Kier molecular flexibility index (Phi) is 5.81. The predicted octanol–water partition coefficient (Wildman–Crippen LogP) is 10.7. The first-order chi connectivity index (χ1) is 22.6. The van der Waals surface area contributed by atoms with Gasteiger partial charge in [-0.3, -0.25) is 4.98 Å². The van der Waals surface area contributed by atoms with E-state index in [-0.39, 0.29) is 5.41 Å². The fraction of sp³-hybridized carbons (Fsp3) is 0.0714. The van der Waals surface area contributed by atoms with Gasteiger partial charge in [-0.2, -0.15) is 0 Å². The summed E-state index contributed by atoms with van der Waals surface area (Å²) in [6.07, 6.45) is 1.82. The Hall–Kier alpha value is -5.87. The normalized spacial score (nSPS) is 13.2.